The van der Waals surface area contributed by atoms with Crippen LogP contribution in [0.4, 0.5) is 0 Å². The highest BCUT2D eigenvalue weighted by Crippen LogP contribution is 2.09. The molecule has 0 spiro atoms. The number of nitrogens with two attached hydrogens (primary N) is 1. The number of rotatable bonds is 4. The number of nitrogens with zero attached hydrogens (tertiary/aromatic N) is 1. The van der Waals surface area contributed by atoms with Gasteiger partial charge in [-0.25, -0.2) is 5.84 Å². The molecular formula is C9H19N3O2. The lowest BCUT2D eigenvalue weighted by molar-refractivity contribution is -0.151. The van der Waals surface area contributed by atoms with Gasteiger partial charge in [-0.05, 0) is 25.9 Å². The van der Waals surface area contributed by atoms with Crippen LogP contribution in [0.25, 0.3) is 0 Å². The molecule has 3 N–H and O–H groups in total. The summed E-state index contributed by atoms with van der Waals surface area (Å²) in [5.74, 6) is 4.56. The maximum Gasteiger partial charge on any atom is 0.327 e. The topological polar surface area (TPSA) is 67.6 Å². The third-order valence-electron chi connectivity index (χ3n) is 2.50. The summed E-state index contributed by atoms with van der Waals surface area (Å²) >= 11 is 0. The van der Waals surface area contributed by atoms with E-state index in [0.717, 1.165) is 19.6 Å². The minimum atomic E-state index is -0.295. The first-order chi connectivity index (χ1) is 6.83. The van der Waals surface area contributed by atoms with Gasteiger partial charge in [0.2, 0.25) is 0 Å². The van der Waals surface area contributed by atoms with Gasteiger partial charge in [0, 0.05) is 6.54 Å². The number of hydrazine groups is 1. The van der Waals surface area contributed by atoms with E-state index in [1.54, 1.807) is 0 Å². The monoisotopic (exact) mass is 201 g/mol. The van der Waals surface area contributed by atoms with Crippen LogP contribution in [0.1, 0.15) is 32.1 Å². The lowest BCUT2D eigenvalue weighted by Gasteiger charge is -2.18. The molecule has 0 aliphatic carbocycles. The number of hydrogen-bond acceptors (Lipinski definition) is 5. The molecule has 0 saturated carbocycles. The normalized spacial score (nSPS) is 18.9. The number of carbonyl (C=O) groups is 1. The predicted octanol–water partition coefficient (Wildman–Crippen LogP) is 0.174. The number of likely N-dealkylation sites (tertiary alicyclic amines) is 1. The largest absolute Gasteiger partial charge is 0.356 e. The van der Waals surface area contributed by atoms with Crippen molar-refractivity contribution in [3.05, 3.63) is 0 Å². The Balaban J connectivity index is 2.12. The summed E-state index contributed by atoms with van der Waals surface area (Å²) < 4.78 is 0. The van der Waals surface area contributed by atoms with E-state index in [-0.39, 0.29) is 5.97 Å². The smallest absolute Gasteiger partial charge is 0.327 e. The SMILES string of the molecule is NNOC(=O)CCN1CCCCCC1. The fourth-order valence-electron chi connectivity index (χ4n) is 1.73. The summed E-state index contributed by atoms with van der Waals surface area (Å²) in [5, 5.41) is 0. The fraction of sp³-hybridized carbons (Fsp3) is 0.889. The van der Waals surface area contributed by atoms with E-state index in [2.05, 4.69) is 9.74 Å². The van der Waals surface area contributed by atoms with Crippen LogP contribution in [0.15, 0.2) is 0 Å². The highest BCUT2D eigenvalue weighted by atomic mass is 16.7. The van der Waals surface area contributed by atoms with Crippen LogP contribution in [-0.4, -0.2) is 30.5 Å². The van der Waals surface area contributed by atoms with Crippen LogP contribution in [0, 0.1) is 0 Å². The molecule has 1 fully saturated rings. The molecule has 1 rings (SSSR count). The van der Waals surface area contributed by atoms with Crippen LogP contribution in [0.3, 0.4) is 0 Å². The van der Waals surface area contributed by atoms with Crippen LogP contribution in [0.5, 0.6) is 0 Å². The van der Waals surface area contributed by atoms with Crippen LogP contribution in [-0.2, 0) is 9.63 Å². The first-order valence-corrected chi connectivity index (χ1v) is 5.20. The van der Waals surface area contributed by atoms with Gasteiger partial charge in [0.05, 0.1) is 6.42 Å². The van der Waals surface area contributed by atoms with E-state index in [9.17, 15) is 4.79 Å². The molecule has 1 aliphatic heterocycles. The Labute approximate surface area is 84.5 Å². The maximum atomic E-state index is 11.0. The first-order valence-electron chi connectivity index (χ1n) is 5.20. The van der Waals surface area contributed by atoms with E-state index in [1.807, 2.05) is 5.59 Å². The second-order valence-electron chi connectivity index (χ2n) is 3.60. The van der Waals surface area contributed by atoms with E-state index in [1.165, 1.54) is 25.7 Å². The van der Waals surface area contributed by atoms with Crippen molar-refractivity contribution in [1.82, 2.24) is 10.5 Å². The van der Waals surface area contributed by atoms with E-state index in [4.69, 9.17) is 5.84 Å². The van der Waals surface area contributed by atoms with Gasteiger partial charge in [-0.3, -0.25) is 4.79 Å². The van der Waals surface area contributed by atoms with Gasteiger partial charge in [0.15, 0.2) is 0 Å². The third kappa shape index (κ3) is 4.55. The highest BCUT2D eigenvalue weighted by Gasteiger charge is 2.11. The van der Waals surface area contributed by atoms with Crippen molar-refractivity contribution in [2.75, 3.05) is 19.6 Å². The van der Waals surface area contributed by atoms with E-state index >= 15 is 0 Å². The van der Waals surface area contributed by atoms with Gasteiger partial charge in [-0.15, -0.1) is 0 Å². The summed E-state index contributed by atoms with van der Waals surface area (Å²) in [7, 11) is 0. The van der Waals surface area contributed by atoms with Crippen molar-refractivity contribution in [3.8, 4) is 0 Å². The lowest BCUT2D eigenvalue weighted by atomic mass is 10.2. The van der Waals surface area contributed by atoms with Gasteiger partial charge in [0.1, 0.15) is 0 Å². The summed E-state index contributed by atoms with van der Waals surface area (Å²) in [5.41, 5.74) is 1.90. The Morgan fingerprint density at radius 1 is 1.29 bits per heavy atom. The zero-order valence-corrected chi connectivity index (χ0v) is 8.50. The number of hydrogen-bond donors (Lipinski definition) is 2. The molecular weight excluding hydrogens is 182 g/mol. The quantitative estimate of drug-likeness (QED) is 0.501. The number of nitrogens with one attached hydrogen (secondary N) is 1. The highest BCUT2D eigenvalue weighted by molar-refractivity contribution is 5.69. The average Bonchev–Trinajstić information content (AvgIpc) is 2.43. The van der Waals surface area contributed by atoms with E-state index in [0.29, 0.717) is 6.42 Å². The second-order valence-corrected chi connectivity index (χ2v) is 3.60. The van der Waals surface area contributed by atoms with Crippen molar-refractivity contribution in [2.24, 2.45) is 5.84 Å². The molecule has 1 saturated heterocycles. The molecule has 14 heavy (non-hydrogen) atoms. The molecule has 0 radical (unpaired) electrons. The van der Waals surface area contributed by atoms with Gasteiger partial charge >= 0.3 is 5.97 Å². The minimum absolute atomic E-state index is 0.295. The van der Waals surface area contributed by atoms with Crippen molar-refractivity contribution >= 4 is 5.97 Å². The summed E-state index contributed by atoms with van der Waals surface area (Å²) in [4.78, 5) is 17.7. The molecule has 0 atom stereocenters. The summed E-state index contributed by atoms with van der Waals surface area (Å²) in [6, 6.07) is 0. The summed E-state index contributed by atoms with van der Waals surface area (Å²) in [6.45, 7) is 2.98. The Bertz CT molecular complexity index is 167. The fourth-order valence-corrected chi connectivity index (χ4v) is 1.73. The van der Waals surface area contributed by atoms with Crippen molar-refractivity contribution in [1.29, 1.82) is 0 Å². The van der Waals surface area contributed by atoms with E-state index < -0.39 is 0 Å². The third-order valence-corrected chi connectivity index (χ3v) is 2.50. The second kappa shape index (κ2) is 6.75. The van der Waals surface area contributed by atoms with Crippen molar-refractivity contribution in [3.63, 3.8) is 0 Å². The molecule has 0 unspecified atom stereocenters. The zero-order chi connectivity index (χ0) is 10.2. The Morgan fingerprint density at radius 3 is 2.50 bits per heavy atom. The average molecular weight is 201 g/mol. The molecule has 5 heteroatoms. The molecule has 0 aromatic carbocycles. The minimum Gasteiger partial charge on any atom is -0.356 e. The van der Waals surface area contributed by atoms with Gasteiger partial charge in [0.25, 0.3) is 0 Å². The van der Waals surface area contributed by atoms with Crippen LogP contribution < -0.4 is 11.4 Å². The van der Waals surface area contributed by atoms with Gasteiger partial charge in [-0.2, -0.15) is 0 Å². The molecule has 5 nitrogen and oxygen atoms in total. The predicted molar refractivity (Wildman–Crippen MR) is 52.9 cm³/mol. The maximum absolute atomic E-state index is 11.0. The standard InChI is InChI=1S/C9H19N3O2/c10-11-14-9(13)5-8-12-6-3-1-2-4-7-12/h11H,1-8,10H2. The number of carbonyl (C=O) groups excluding carboxylic acids is 1. The molecule has 1 aliphatic rings. The summed E-state index contributed by atoms with van der Waals surface area (Å²) in [6.07, 6.45) is 5.51. The van der Waals surface area contributed by atoms with Crippen molar-refractivity contribution in [2.45, 2.75) is 32.1 Å². The molecule has 0 aromatic heterocycles. The van der Waals surface area contributed by atoms with Crippen molar-refractivity contribution < 1.29 is 9.63 Å². The molecule has 0 amide bonds. The van der Waals surface area contributed by atoms with Gasteiger partial charge < -0.3 is 9.74 Å². The van der Waals surface area contributed by atoms with Crippen LogP contribution in [0.2, 0.25) is 0 Å². The Morgan fingerprint density at radius 2 is 1.93 bits per heavy atom. The van der Waals surface area contributed by atoms with Gasteiger partial charge in [-0.1, -0.05) is 18.4 Å². The molecule has 1 heterocycles. The molecule has 0 bridgehead atoms. The zero-order valence-electron chi connectivity index (χ0n) is 8.50. The van der Waals surface area contributed by atoms with Crippen LogP contribution >= 0.6 is 0 Å². The lowest BCUT2D eigenvalue weighted by Crippen LogP contribution is -2.31. The first kappa shape index (κ1) is 11.4. The Hall–Kier alpha value is -0.650. The Kier molecular flexibility index (Phi) is 5.51. The molecule has 82 valence electrons. The molecule has 0 aromatic rings.